The van der Waals surface area contributed by atoms with E-state index in [9.17, 15) is 28.1 Å². The van der Waals surface area contributed by atoms with E-state index in [1.807, 2.05) is 0 Å². The van der Waals surface area contributed by atoms with Gasteiger partial charge in [-0.2, -0.15) is 4.98 Å². The Morgan fingerprint density at radius 3 is 2.50 bits per heavy atom. The number of ether oxygens (including phenoxy) is 2. The molecule has 0 saturated heterocycles. The molecule has 18 heavy (non-hydrogen) atoms. The highest BCUT2D eigenvalue weighted by atomic mass is 19.4. The predicted molar refractivity (Wildman–Crippen MR) is 49.5 cm³/mol. The molecule has 0 aliphatic carbocycles. The van der Waals surface area contributed by atoms with Crippen LogP contribution in [-0.2, 0) is 0 Å². The van der Waals surface area contributed by atoms with E-state index in [2.05, 4.69) is 14.5 Å². The van der Waals surface area contributed by atoms with Crippen molar-refractivity contribution in [1.29, 1.82) is 0 Å². The van der Waals surface area contributed by atoms with Crippen LogP contribution in [0, 0.1) is 10.1 Å². The molecular weight excluding hydrogens is 261 g/mol. The van der Waals surface area contributed by atoms with Crippen LogP contribution in [0.1, 0.15) is 10.4 Å². The number of pyridine rings is 1. The number of alkyl halides is 3. The fourth-order valence-corrected chi connectivity index (χ4v) is 1.07. The molecule has 10 heteroatoms. The van der Waals surface area contributed by atoms with Gasteiger partial charge < -0.3 is 9.47 Å². The van der Waals surface area contributed by atoms with Crippen LogP contribution in [0.5, 0.6) is 11.8 Å². The third kappa shape index (κ3) is 3.06. The number of aromatic nitrogens is 1. The molecule has 0 atom stereocenters. The topological polar surface area (TPSA) is 91.6 Å². The van der Waals surface area contributed by atoms with Gasteiger partial charge in [-0.15, -0.1) is 13.2 Å². The molecular formula is C8H5F3N2O5. The lowest BCUT2D eigenvalue weighted by Crippen LogP contribution is -2.19. The largest absolute Gasteiger partial charge is 0.574 e. The van der Waals surface area contributed by atoms with E-state index in [1.165, 1.54) is 0 Å². The van der Waals surface area contributed by atoms with Gasteiger partial charge in [-0.05, 0) is 0 Å². The van der Waals surface area contributed by atoms with E-state index in [0.717, 1.165) is 13.2 Å². The molecule has 7 nitrogen and oxygen atoms in total. The highest BCUT2D eigenvalue weighted by Gasteiger charge is 2.37. The van der Waals surface area contributed by atoms with Gasteiger partial charge in [0.2, 0.25) is 5.88 Å². The van der Waals surface area contributed by atoms with Gasteiger partial charge in [0, 0.05) is 6.07 Å². The van der Waals surface area contributed by atoms with E-state index < -0.39 is 34.3 Å². The van der Waals surface area contributed by atoms with Gasteiger partial charge in [0.05, 0.1) is 12.0 Å². The van der Waals surface area contributed by atoms with Crippen molar-refractivity contribution in [3.8, 4) is 11.8 Å². The Labute approximate surface area is 97.3 Å². The molecule has 0 unspecified atom stereocenters. The number of rotatable bonds is 4. The summed E-state index contributed by atoms with van der Waals surface area (Å²) in [6.07, 6.45) is -5.17. The van der Waals surface area contributed by atoms with Crippen molar-refractivity contribution in [2.45, 2.75) is 6.36 Å². The summed E-state index contributed by atoms with van der Waals surface area (Å²) in [5.41, 5.74) is -1.81. The van der Waals surface area contributed by atoms with Crippen molar-refractivity contribution in [3.05, 3.63) is 21.7 Å². The predicted octanol–water partition coefficient (Wildman–Crippen LogP) is 1.71. The zero-order chi connectivity index (χ0) is 13.9. The number of hydrogen-bond acceptors (Lipinski definition) is 6. The molecule has 0 N–H and O–H groups in total. The van der Waals surface area contributed by atoms with Crippen LogP contribution in [0.3, 0.4) is 0 Å². The third-order valence-corrected chi connectivity index (χ3v) is 1.70. The molecule has 1 aromatic heterocycles. The number of carbonyl (C=O) groups excluding carboxylic acids is 1. The first-order valence-corrected chi connectivity index (χ1v) is 4.23. The molecule has 0 bridgehead atoms. The molecule has 1 aromatic rings. The molecule has 98 valence electrons. The van der Waals surface area contributed by atoms with Crippen molar-refractivity contribution in [2.24, 2.45) is 0 Å². The Morgan fingerprint density at radius 1 is 1.50 bits per heavy atom. The van der Waals surface area contributed by atoms with Crippen LogP contribution < -0.4 is 9.47 Å². The summed E-state index contributed by atoms with van der Waals surface area (Å²) in [7, 11) is 1.07. The van der Waals surface area contributed by atoms with Crippen molar-refractivity contribution in [2.75, 3.05) is 7.11 Å². The molecule has 0 radical (unpaired) electrons. The van der Waals surface area contributed by atoms with E-state index >= 15 is 0 Å². The first kappa shape index (κ1) is 13.7. The minimum Gasteiger partial charge on any atom is -0.481 e. The van der Waals surface area contributed by atoms with Crippen LogP contribution in [0.25, 0.3) is 0 Å². The lowest BCUT2D eigenvalue weighted by molar-refractivity contribution is -0.389. The van der Waals surface area contributed by atoms with Gasteiger partial charge >= 0.3 is 17.9 Å². The van der Waals surface area contributed by atoms with Crippen molar-refractivity contribution in [3.63, 3.8) is 0 Å². The number of hydrogen-bond donors (Lipinski definition) is 0. The van der Waals surface area contributed by atoms with E-state index in [0.29, 0.717) is 0 Å². The van der Waals surface area contributed by atoms with Crippen LogP contribution in [-0.4, -0.2) is 29.7 Å². The van der Waals surface area contributed by atoms with Crippen LogP contribution in [0.2, 0.25) is 0 Å². The Balaban J connectivity index is 3.44. The number of halogens is 3. The first-order valence-electron chi connectivity index (χ1n) is 4.23. The van der Waals surface area contributed by atoms with Gasteiger partial charge in [-0.1, -0.05) is 0 Å². The molecule has 0 aliphatic rings. The molecule has 0 amide bonds. The van der Waals surface area contributed by atoms with Gasteiger partial charge in [0.15, 0.2) is 6.29 Å². The monoisotopic (exact) mass is 266 g/mol. The zero-order valence-corrected chi connectivity index (χ0v) is 8.72. The average molecular weight is 266 g/mol. The normalized spacial score (nSPS) is 10.9. The van der Waals surface area contributed by atoms with Gasteiger partial charge in [0.25, 0.3) is 0 Å². The SMILES string of the molecule is COc1cc(C=O)c([N+](=O)[O-])c(OC(F)(F)F)n1. The molecule has 0 fully saturated rings. The number of carbonyl (C=O) groups is 1. The average Bonchev–Trinajstić information content (AvgIpc) is 2.25. The molecule has 0 aliphatic heterocycles. The quantitative estimate of drug-likeness (QED) is 0.468. The Morgan fingerprint density at radius 2 is 2.11 bits per heavy atom. The number of aldehydes is 1. The van der Waals surface area contributed by atoms with E-state index in [-0.39, 0.29) is 6.29 Å². The second kappa shape index (κ2) is 4.85. The summed E-state index contributed by atoms with van der Waals surface area (Å²) in [5, 5.41) is 10.6. The van der Waals surface area contributed by atoms with Crippen molar-refractivity contribution >= 4 is 12.0 Å². The van der Waals surface area contributed by atoms with Gasteiger partial charge in [0.1, 0.15) is 5.56 Å². The minimum atomic E-state index is -5.18. The highest BCUT2D eigenvalue weighted by Crippen LogP contribution is 2.34. The lowest BCUT2D eigenvalue weighted by Gasteiger charge is -2.10. The highest BCUT2D eigenvalue weighted by molar-refractivity contribution is 5.83. The Bertz CT molecular complexity index is 488. The van der Waals surface area contributed by atoms with E-state index in [1.54, 1.807) is 0 Å². The molecule has 0 saturated carbocycles. The summed E-state index contributed by atoms with van der Waals surface area (Å²) in [4.78, 5) is 23.1. The summed E-state index contributed by atoms with van der Waals surface area (Å²) >= 11 is 0. The number of methoxy groups -OCH3 is 1. The third-order valence-electron chi connectivity index (χ3n) is 1.70. The van der Waals surface area contributed by atoms with Crippen LogP contribution in [0.4, 0.5) is 18.9 Å². The summed E-state index contributed by atoms with van der Waals surface area (Å²) in [5.74, 6) is -1.77. The summed E-state index contributed by atoms with van der Waals surface area (Å²) in [6.45, 7) is 0. The van der Waals surface area contributed by atoms with Gasteiger partial charge in [-0.25, -0.2) is 0 Å². The van der Waals surface area contributed by atoms with Crippen LogP contribution in [0.15, 0.2) is 6.07 Å². The fourth-order valence-electron chi connectivity index (χ4n) is 1.07. The number of nitro groups is 1. The molecule has 1 rings (SSSR count). The molecule has 0 aromatic carbocycles. The second-order valence-corrected chi connectivity index (χ2v) is 2.83. The fraction of sp³-hybridized carbons (Fsp3) is 0.250. The maximum absolute atomic E-state index is 12.0. The van der Waals surface area contributed by atoms with E-state index in [4.69, 9.17) is 0 Å². The maximum Gasteiger partial charge on any atom is 0.574 e. The van der Waals surface area contributed by atoms with Crippen LogP contribution >= 0.6 is 0 Å². The summed E-state index contributed by atoms with van der Waals surface area (Å²) in [6, 6.07) is 0.828. The minimum absolute atomic E-state index is 0.00552. The standard InChI is InChI=1S/C8H5F3N2O5/c1-17-5-2-4(3-14)6(13(15)16)7(12-5)18-8(9,10)11/h2-3H,1H3. The zero-order valence-electron chi connectivity index (χ0n) is 8.72. The number of nitrogens with zero attached hydrogens (tertiary/aromatic N) is 2. The summed E-state index contributed by atoms with van der Waals surface area (Å²) < 4.78 is 44.0. The second-order valence-electron chi connectivity index (χ2n) is 2.83. The lowest BCUT2D eigenvalue weighted by atomic mass is 10.2. The smallest absolute Gasteiger partial charge is 0.481 e. The first-order chi connectivity index (χ1) is 8.28. The maximum atomic E-state index is 12.0. The van der Waals surface area contributed by atoms with Crippen molar-refractivity contribution in [1.82, 2.24) is 4.98 Å². The van der Waals surface area contributed by atoms with Crippen molar-refractivity contribution < 1.29 is 32.4 Å². The Hall–Kier alpha value is -2.39. The Kier molecular flexibility index (Phi) is 3.69. The molecule has 0 spiro atoms. The van der Waals surface area contributed by atoms with Gasteiger partial charge in [-0.3, -0.25) is 14.9 Å². The molecule has 1 heterocycles.